The highest BCUT2D eigenvalue weighted by Gasteiger charge is 2.15. The molecule has 2 aromatic carbocycles. The Hall–Kier alpha value is -2.14. The van der Waals surface area contributed by atoms with Crippen LogP contribution in [0.1, 0.15) is 23.7 Å². The molecule has 0 fully saturated rings. The molecule has 0 aromatic heterocycles. The van der Waals surface area contributed by atoms with E-state index in [0.717, 1.165) is 17.1 Å². The SMILES string of the molecule is CCCSc1cc(C(=O)O)cc(N)c1Oc1ccccc1. The smallest absolute Gasteiger partial charge is 0.335 e. The lowest BCUT2D eigenvalue weighted by Crippen LogP contribution is -2.01. The van der Waals surface area contributed by atoms with E-state index in [-0.39, 0.29) is 5.56 Å². The summed E-state index contributed by atoms with van der Waals surface area (Å²) in [7, 11) is 0. The molecule has 0 heterocycles. The highest BCUT2D eigenvalue weighted by molar-refractivity contribution is 7.99. The monoisotopic (exact) mass is 303 g/mol. The zero-order chi connectivity index (χ0) is 15.2. The molecule has 0 unspecified atom stereocenters. The first-order valence-corrected chi connectivity index (χ1v) is 7.63. The third kappa shape index (κ3) is 3.92. The topological polar surface area (TPSA) is 72.5 Å². The van der Waals surface area contributed by atoms with Crippen LogP contribution in [0, 0.1) is 0 Å². The Morgan fingerprint density at radius 2 is 2.00 bits per heavy atom. The number of aromatic carboxylic acids is 1. The average Bonchev–Trinajstić information content (AvgIpc) is 2.48. The maximum absolute atomic E-state index is 11.1. The number of para-hydroxylation sites is 1. The Kier molecular flexibility index (Phi) is 5.11. The maximum atomic E-state index is 11.1. The van der Waals surface area contributed by atoms with Crippen LogP contribution >= 0.6 is 11.8 Å². The molecule has 0 aliphatic rings. The Bertz CT molecular complexity index is 629. The number of nitrogens with two attached hydrogens (primary N) is 1. The zero-order valence-electron chi connectivity index (χ0n) is 11.7. The van der Waals surface area contributed by atoms with Crippen molar-refractivity contribution < 1.29 is 14.6 Å². The van der Waals surface area contributed by atoms with Gasteiger partial charge in [-0.3, -0.25) is 0 Å². The van der Waals surface area contributed by atoms with Crippen molar-refractivity contribution in [3.8, 4) is 11.5 Å². The fraction of sp³-hybridized carbons (Fsp3) is 0.188. The lowest BCUT2D eigenvalue weighted by Gasteiger charge is -2.14. The van der Waals surface area contributed by atoms with Gasteiger partial charge in [0.15, 0.2) is 5.75 Å². The van der Waals surface area contributed by atoms with Gasteiger partial charge in [-0.05, 0) is 36.4 Å². The summed E-state index contributed by atoms with van der Waals surface area (Å²) in [5, 5.41) is 9.13. The number of ether oxygens (including phenoxy) is 1. The van der Waals surface area contributed by atoms with E-state index in [1.807, 2.05) is 30.3 Å². The first-order chi connectivity index (χ1) is 10.1. The van der Waals surface area contributed by atoms with Crippen LogP contribution in [0.3, 0.4) is 0 Å². The van der Waals surface area contributed by atoms with Crippen LogP contribution in [0.25, 0.3) is 0 Å². The molecule has 0 aliphatic heterocycles. The van der Waals surface area contributed by atoms with Crippen LogP contribution in [0.4, 0.5) is 5.69 Å². The zero-order valence-corrected chi connectivity index (χ0v) is 12.5. The molecule has 0 radical (unpaired) electrons. The van der Waals surface area contributed by atoms with Gasteiger partial charge in [-0.15, -0.1) is 11.8 Å². The van der Waals surface area contributed by atoms with E-state index in [2.05, 4.69) is 6.92 Å². The van der Waals surface area contributed by atoms with E-state index in [1.54, 1.807) is 17.8 Å². The molecule has 3 N–H and O–H groups in total. The van der Waals surface area contributed by atoms with E-state index in [0.29, 0.717) is 17.2 Å². The van der Waals surface area contributed by atoms with Gasteiger partial charge in [-0.2, -0.15) is 0 Å². The quantitative estimate of drug-likeness (QED) is 0.616. The first-order valence-electron chi connectivity index (χ1n) is 6.64. The average molecular weight is 303 g/mol. The van der Waals surface area contributed by atoms with E-state index in [1.165, 1.54) is 6.07 Å². The molecule has 0 saturated heterocycles. The normalized spacial score (nSPS) is 10.3. The molecule has 0 amide bonds. The summed E-state index contributed by atoms with van der Waals surface area (Å²) in [6, 6.07) is 12.3. The number of carbonyl (C=O) groups is 1. The van der Waals surface area contributed by atoms with Gasteiger partial charge in [0, 0.05) is 0 Å². The van der Waals surface area contributed by atoms with Crippen molar-refractivity contribution in [1.82, 2.24) is 0 Å². The standard InChI is InChI=1S/C16H17NO3S/c1-2-8-21-14-10-11(16(18)19)9-13(17)15(14)20-12-6-4-3-5-7-12/h3-7,9-10H,2,8,17H2,1H3,(H,18,19). The molecule has 0 spiro atoms. The second-order valence-electron chi connectivity index (χ2n) is 4.46. The fourth-order valence-electron chi connectivity index (χ4n) is 1.78. The third-order valence-corrected chi connectivity index (χ3v) is 3.98. The molecule has 21 heavy (non-hydrogen) atoms. The van der Waals surface area contributed by atoms with Gasteiger partial charge in [-0.1, -0.05) is 25.1 Å². The number of rotatable bonds is 6. The number of carboxylic acids is 1. The van der Waals surface area contributed by atoms with Crippen LogP contribution in [-0.2, 0) is 0 Å². The predicted molar refractivity (Wildman–Crippen MR) is 85.3 cm³/mol. The Morgan fingerprint density at radius 3 is 2.62 bits per heavy atom. The van der Waals surface area contributed by atoms with Crippen molar-refractivity contribution in [1.29, 1.82) is 0 Å². The second kappa shape index (κ2) is 7.04. The van der Waals surface area contributed by atoms with Gasteiger partial charge in [0.25, 0.3) is 0 Å². The van der Waals surface area contributed by atoms with Gasteiger partial charge < -0.3 is 15.6 Å². The molecular weight excluding hydrogens is 286 g/mol. The summed E-state index contributed by atoms with van der Waals surface area (Å²) in [6.07, 6.45) is 0.979. The highest BCUT2D eigenvalue weighted by atomic mass is 32.2. The first kappa shape index (κ1) is 15.3. The van der Waals surface area contributed by atoms with Crippen molar-refractivity contribution in [2.45, 2.75) is 18.2 Å². The lowest BCUT2D eigenvalue weighted by atomic mass is 10.2. The molecule has 0 saturated carbocycles. The Morgan fingerprint density at radius 1 is 1.29 bits per heavy atom. The van der Waals surface area contributed by atoms with Crippen LogP contribution in [-0.4, -0.2) is 16.8 Å². The van der Waals surface area contributed by atoms with Crippen molar-refractivity contribution in [2.24, 2.45) is 0 Å². The van der Waals surface area contributed by atoms with Gasteiger partial charge in [0.1, 0.15) is 5.75 Å². The summed E-state index contributed by atoms with van der Waals surface area (Å²) < 4.78 is 5.83. The van der Waals surface area contributed by atoms with Gasteiger partial charge in [-0.25, -0.2) is 4.79 Å². The molecule has 110 valence electrons. The van der Waals surface area contributed by atoms with Crippen LogP contribution in [0.2, 0.25) is 0 Å². The number of thioether (sulfide) groups is 1. The molecule has 0 aliphatic carbocycles. The maximum Gasteiger partial charge on any atom is 0.335 e. The molecule has 0 bridgehead atoms. The number of hydrogen-bond acceptors (Lipinski definition) is 4. The van der Waals surface area contributed by atoms with Crippen LogP contribution in [0.15, 0.2) is 47.4 Å². The predicted octanol–water partition coefficient (Wildman–Crippen LogP) is 4.26. The van der Waals surface area contributed by atoms with Crippen LogP contribution in [0.5, 0.6) is 11.5 Å². The van der Waals surface area contributed by atoms with Gasteiger partial charge in [0.05, 0.1) is 16.1 Å². The molecule has 5 heteroatoms. The largest absolute Gasteiger partial charge is 0.478 e. The summed E-state index contributed by atoms with van der Waals surface area (Å²) in [4.78, 5) is 11.9. The van der Waals surface area contributed by atoms with Crippen molar-refractivity contribution in [2.75, 3.05) is 11.5 Å². The number of benzene rings is 2. The number of carboxylic acid groups (broad SMARTS) is 1. The summed E-state index contributed by atoms with van der Waals surface area (Å²) in [5.41, 5.74) is 6.48. The summed E-state index contributed by atoms with van der Waals surface area (Å²) in [6.45, 7) is 2.06. The van der Waals surface area contributed by atoms with E-state index in [4.69, 9.17) is 15.6 Å². The van der Waals surface area contributed by atoms with E-state index < -0.39 is 5.97 Å². The minimum Gasteiger partial charge on any atom is -0.478 e. The van der Waals surface area contributed by atoms with Crippen LogP contribution < -0.4 is 10.5 Å². The second-order valence-corrected chi connectivity index (χ2v) is 5.60. The molecule has 4 nitrogen and oxygen atoms in total. The number of anilines is 1. The third-order valence-electron chi connectivity index (χ3n) is 2.76. The van der Waals surface area contributed by atoms with E-state index >= 15 is 0 Å². The molecule has 2 aromatic rings. The number of hydrogen-bond donors (Lipinski definition) is 2. The van der Waals surface area contributed by atoms with E-state index in [9.17, 15) is 4.79 Å². The lowest BCUT2D eigenvalue weighted by molar-refractivity contribution is 0.0696. The van der Waals surface area contributed by atoms with Crippen molar-refractivity contribution in [3.63, 3.8) is 0 Å². The highest BCUT2D eigenvalue weighted by Crippen LogP contribution is 2.39. The Labute approximate surface area is 127 Å². The summed E-state index contributed by atoms with van der Waals surface area (Å²) >= 11 is 1.54. The minimum absolute atomic E-state index is 0.173. The molecule has 2 rings (SSSR count). The van der Waals surface area contributed by atoms with Gasteiger partial charge in [0.2, 0.25) is 0 Å². The summed E-state index contributed by atoms with van der Waals surface area (Å²) in [5.74, 6) is 1.06. The van der Waals surface area contributed by atoms with Gasteiger partial charge >= 0.3 is 5.97 Å². The minimum atomic E-state index is -0.994. The molecule has 0 atom stereocenters. The number of nitrogen functional groups attached to an aromatic ring is 1. The fourth-order valence-corrected chi connectivity index (χ4v) is 2.71. The van der Waals surface area contributed by atoms with Crippen molar-refractivity contribution >= 4 is 23.4 Å². The van der Waals surface area contributed by atoms with Crippen molar-refractivity contribution in [3.05, 3.63) is 48.0 Å². The molecular formula is C16H17NO3S. The Balaban J connectivity index is 2.39.